The predicted molar refractivity (Wildman–Crippen MR) is 92.8 cm³/mol. The van der Waals surface area contributed by atoms with Crippen molar-refractivity contribution >= 4 is 0 Å². The Labute approximate surface area is 148 Å². The molecular weight excluding hydrogens is 318 g/mol. The first-order chi connectivity index (χ1) is 12.4. The second-order valence-electron chi connectivity index (χ2n) is 6.84. The van der Waals surface area contributed by atoms with E-state index >= 15 is 0 Å². The van der Waals surface area contributed by atoms with Crippen LogP contribution in [0.25, 0.3) is 11.4 Å². The molecule has 2 aromatic heterocycles. The van der Waals surface area contributed by atoms with E-state index in [2.05, 4.69) is 24.9 Å². The Hall–Kier alpha value is -1.83. The number of nitrogens with zero attached hydrogens (tertiary/aromatic N) is 5. The van der Waals surface area contributed by atoms with E-state index in [9.17, 15) is 0 Å². The minimum atomic E-state index is 0.265. The molecule has 134 valence electrons. The summed E-state index contributed by atoms with van der Waals surface area (Å²) in [5.74, 6) is 1.25. The lowest BCUT2D eigenvalue weighted by Crippen LogP contribution is -2.39. The molecule has 7 heteroatoms. The van der Waals surface area contributed by atoms with Crippen molar-refractivity contribution in [3.63, 3.8) is 0 Å². The van der Waals surface area contributed by atoms with Crippen LogP contribution >= 0.6 is 0 Å². The summed E-state index contributed by atoms with van der Waals surface area (Å²) in [6, 6.07) is 3.81. The summed E-state index contributed by atoms with van der Waals surface area (Å²) >= 11 is 0. The van der Waals surface area contributed by atoms with Gasteiger partial charge >= 0.3 is 0 Å². The smallest absolute Gasteiger partial charge is 0.241 e. The molecule has 0 aliphatic carbocycles. The summed E-state index contributed by atoms with van der Waals surface area (Å²) in [5.41, 5.74) is 0.878. The van der Waals surface area contributed by atoms with E-state index in [0.29, 0.717) is 18.3 Å². The molecule has 0 spiro atoms. The van der Waals surface area contributed by atoms with Crippen LogP contribution in [0, 0.1) is 0 Å². The highest BCUT2D eigenvalue weighted by molar-refractivity contribution is 5.51. The van der Waals surface area contributed by atoms with Crippen molar-refractivity contribution in [3.05, 3.63) is 30.4 Å². The summed E-state index contributed by atoms with van der Waals surface area (Å²) in [4.78, 5) is 13.5. The summed E-state index contributed by atoms with van der Waals surface area (Å²) in [5, 5.41) is 4.09. The molecule has 4 rings (SSSR count). The molecule has 7 nitrogen and oxygen atoms in total. The van der Waals surface area contributed by atoms with E-state index in [0.717, 1.165) is 38.2 Å². The maximum Gasteiger partial charge on any atom is 0.241 e. The van der Waals surface area contributed by atoms with Crippen molar-refractivity contribution < 1.29 is 9.26 Å². The first-order valence-electron chi connectivity index (χ1n) is 9.16. The topological polar surface area (TPSA) is 67.5 Å². The van der Waals surface area contributed by atoms with Crippen molar-refractivity contribution in [1.82, 2.24) is 24.9 Å². The molecule has 2 saturated heterocycles. The first kappa shape index (κ1) is 16.6. The quantitative estimate of drug-likeness (QED) is 0.820. The van der Waals surface area contributed by atoms with Gasteiger partial charge in [0.05, 0.1) is 12.6 Å². The molecule has 0 saturated carbocycles. The van der Waals surface area contributed by atoms with E-state index in [1.165, 1.54) is 25.9 Å². The third-order valence-electron chi connectivity index (χ3n) is 4.84. The Kier molecular flexibility index (Phi) is 5.34. The Morgan fingerprint density at radius 2 is 2.00 bits per heavy atom. The predicted octanol–water partition coefficient (Wildman–Crippen LogP) is 1.82. The number of aromatic nitrogens is 3. The van der Waals surface area contributed by atoms with Crippen LogP contribution in [-0.4, -0.2) is 70.4 Å². The Balaban J connectivity index is 1.36. The Morgan fingerprint density at radius 1 is 1.12 bits per heavy atom. The Bertz CT molecular complexity index is 656. The third kappa shape index (κ3) is 4.42. The fraction of sp³-hybridized carbons (Fsp3) is 0.611. The highest BCUT2D eigenvalue weighted by Crippen LogP contribution is 2.17. The maximum absolute atomic E-state index is 6.05. The third-order valence-corrected chi connectivity index (χ3v) is 4.84. The van der Waals surface area contributed by atoms with Gasteiger partial charge in [0, 0.05) is 44.2 Å². The average Bonchev–Trinajstić information content (AvgIpc) is 3.26. The van der Waals surface area contributed by atoms with Crippen LogP contribution in [0.2, 0.25) is 0 Å². The standard InChI is InChI=1S/C18H25N5O2/c1-2-8-22(7-1)12-16-13-23(9-4-10-24-16)14-17-20-18(21-25-17)15-5-3-6-19-11-15/h3,5-6,11,16H,1-2,4,7-10,12-14H2. The number of ether oxygens (including phenoxy) is 1. The van der Waals surface area contributed by atoms with Crippen LogP contribution in [0.15, 0.2) is 29.0 Å². The zero-order valence-corrected chi connectivity index (χ0v) is 14.5. The molecule has 1 atom stereocenters. The summed E-state index contributed by atoms with van der Waals surface area (Å²) < 4.78 is 11.5. The molecule has 0 radical (unpaired) electrons. The number of hydrogen-bond donors (Lipinski definition) is 0. The van der Waals surface area contributed by atoms with Crippen molar-refractivity contribution in [3.8, 4) is 11.4 Å². The molecule has 2 aliphatic heterocycles. The molecule has 0 amide bonds. The van der Waals surface area contributed by atoms with Gasteiger partial charge in [0.15, 0.2) is 0 Å². The number of hydrogen-bond acceptors (Lipinski definition) is 7. The van der Waals surface area contributed by atoms with Gasteiger partial charge in [-0.3, -0.25) is 9.88 Å². The summed E-state index contributed by atoms with van der Waals surface area (Å²) in [6.07, 6.45) is 7.43. The second kappa shape index (κ2) is 8.03. The van der Waals surface area contributed by atoms with Gasteiger partial charge in [0.1, 0.15) is 0 Å². The lowest BCUT2D eigenvalue weighted by Gasteiger charge is -2.26. The van der Waals surface area contributed by atoms with Crippen molar-refractivity contribution in [2.75, 3.05) is 39.3 Å². The SMILES string of the molecule is c1cncc(-c2noc(CN3CCCOC(CN4CCCC4)C3)n2)c1. The van der Waals surface area contributed by atoms with Crippen molar-refractivity contribution in [1.29, 1.82) is 0 Å². The molecule has 0 aromatic carbocycles. The summed E-state index contributed by atoms with van der Waals surface area (Å²) in [6.45, 7) is 6.87. The minimum absolute atomic E-state index is 0.265. The van der Waals surface area contributed by atoms with Gasteiger partial charge in [-0.15, -0.1) is 0 Å². The van der Waals surface area contributed by atoms with E-state index in [1.54, 1.807) is 12.4 Å². The highest BCUT2D eigenvalue weighted by Gasteiger charge is 2.24. The second-order valence-corrected chi connectivity index (χ2v) is 6.84. The van der Waals surface area contributed by atoms with Crippen LogP contribution in [0.5, 0.6) is 0 Å². The molecule has 4 heterocycles. The van der Waals surface area contributed by atoms with Gasteiger partial charge in [0.2, 0.25) is 11.7 Å². The van der Waals surface area contributed by atoms with Gasteiger partial charge < -0.3 is 14.2 Å². The number of likely N-dealkylation sites (tertiary alicyclic amines) is 1. The molecule has 2 aliphatic rings. The molecule has 2 aromatic rings. The van der Waals surface area contributed by atoms with Crippen LogP contribution < -0.4 is 0 Å². The van der Waals surface area contributed by atoms with Gasteiger partial charge in [0.25, 0.3) is 0 Å². The van der Waals surface area contributed by atoms with Crippen LogP contribution in [0.4, 0.5) is 0 Å². The van der Waals surface area contributed by atoms with Gasteiger partial charge in [-0.25, -0.2) is 0 Å². The van der Waals surface area contributed by atoms with Gasteiger partial charge in [-0.05, 0) is 44.5 Å². The largest absolute Gasteiger partial charge is 0.376 e. The van der Waals surface area contributed by atoms with E-state index in [4.69, 9.17) is 9.26 Å². The molecule has 25 heavy (non-hydrogen) atoms. The van der Waals surface area contributed by atoms with Crippen molar-refractivity contribution in [2.45, 2.75) is 31.9 Å². The molecule has 0 bridgehead atoms. The fourth-order valence-corrected chi connectivity index (χ4v) is 3.60. The average molecular weight is 343 g/mol. The van der Waals surface area contributed by atoms with Crippen LogP contribution in [-0.2, 0) is 11.3 Å². The van der Waals surface area contributed by atoms with E-state index in [-0.39, 0.29) is 6.10 Å². The molecule has 1 unspecified atom stereocenters. The zero-order chi connectivity index (χ0) is 16.9. The first-order valence-corrected chi connectivity index (χ1v) is 9.16. The molecule has 0 N–H and O–H groups in total. The number of pyridine rings is 1. The summed E-state index contributed by atoms with van der Waals surface area (Å²) in [7, 11) is 0. The van der Waals surface area contributed by atoms with Crippen LogP contribution in [0.3, 0.4) is 0 Å². The van der Waals surface area contributed by atoms with E-state index in [1.807, 2.05) is 12.1 Å². The lowest BCUT2D eigenvalue weighted by molar-refractivity contribution is 0.0297. The van der Waals surface area contributed by atoms with Gasteiger partial charge in [-0.2, -0.15) is 4.98 Å². The lowest BCUT2D eigenvalue weighted by atomic mass is 10.3. The highest BCUT2D eigenvalue weighted by atomic mass is 16.5. The van der Waals surface area contributed by atoms with Crippen molar-refractivity contribution in [2.24, 2.45) is 0 Å². The minimum Gasteiger partial charge on any atom is -0.376 e. The zero-order valence-electron chi connectivity index (χ0n) is 14.5. The monoisotopic (exact) mass is 343 g/mol. The van der Waals surface area contributed by atoms with Gasteiger partial charge in [-0.1, -0.05) is 5.16 Å². The fourth-order valence-electron chi connectivity index (χ4n) is 3.60. The molecular formula is C18H25N5O2. The Morgan fingerprint density at radius 3 is 2.84 bits per heavy atom. The van der Waals surface area contributed by atoms with E-state index < -0.39 is 0 Å². The normalized spacial score (nSPS) is 23.0. The van der Waals surface area contributed by atoms with Crippen LogP contribution in [0.1, 0.15) is 25.2 Å². The molecule has 2 fully saturated rings. The number of rotatable bonds is 5. The maximum atomic E-state index is 6.05.